The third-order valence-corrected chi connectivity index (χ3v) is 8.86. The van der Waals surface area contributed by atoms with E-state index in [4.69, 9.17) is 0 Å². The van der Waals surface area contributed by atoms with Crippen molar-refractivity contribution >= 4 is 0 Å². The number of hydrogen-bond acceptors (Lipinski definition) is 2. The molecular weight excluding hydrogens is 308 g/mol. The first-order valence-electron chi connectivity index (χ1n) is 10.9. The predicted octanol–water partition coefficient (Wildman–Crippen LogP) is 5.46. The van der Waals surface area contributed by atoms with Crippen molar-refractivity contribution in [2.45, 2.75) is 117 Å². The molecule has 4 rings (SSSR count). The molecule has 2 N–H and O–H groups in total. The van der Waals surface area contributed by atoms with Gasteiger partial charge in [-0.05, 0) is 91.3 Å². The lowest BCUT2D eigenvalue weighted by Crippen LogP contribution is -2.52. The van der Waals surface area contributed by atoms with Gasteiger partial charge in [-0.2, -0.15) is 0 Å². The minimum absolute atomic E-state index is 0.103. The third kappa shape index (κ3) is 2.64. The van der Waals surface area contributed by atoms with Crippen LogP contribution in [-0.2, 0) is 0 Å². The molecular formula is C23H40O2. The molecule has 4 unspecified atom stereocenters. The van der Waals surface area contributed by atoms with E-state index in [2.05, 4.69) is 27.7 Å². The number of rotatable bonds is 0. The number of hydrogen-bond donors (Lipinski definition) is 2. The van der Waals surface area contributed by atoms with E-state index in [1.165, 1.54) is 51.4 Å². The van der Waals surface area contributed by atoms with Crippen molar-refractivity contribution in [1.82, 2.24) is 0 Å². The molecule has 4 aliphatic rings. The van der Waals surface area contributed by atoms with Crippen molar-refractivity contribution in [2.24, 2.45) is 27.1 Å². The fourth-order valence-corrected chi connectivity index (χ4v) is 9.16. The van der Waals surface area contributed by atoms with Crippen LogP contribution in [0.1, 0.15) is 105 Å². The van der Waals surface area contributed by atoms with Gasteiger partial charge in [0.1, 0.15) is 0 Å². The molecule has 3 spiro atoms. The van der Waals surface area contributed by atoms with Crippen molar-refractivity contribution in [1.29, 1.82) is 0 Å². The molecule has 4 atom stereocenters. The Morgan fingerprint density at radius 1 is 0.640 bits per heavy atom. The Balaban J connectivity index is 1.85. The van der Waals surface area contributed by atoms with E-state index in [1.807, 2.05) is 0 Å². The smallest absolute Gasteiger partial charge is 0.0545 e. The topological polar surface area (TPSA) is 40.5 Å². The van der Waals surface area contributed by atoms with Crippen LogP contribution in [0.4, 0.5) is 0 Å². The highest BCUT2D eigenvalue weighted by molar-refractivity contribution is 5.22. The standard InChI is InChI=1S/C23H40O2/c1-19(2)13-21(9-5-7-17(24)11-21)23(15-19)16-20(3,4)14-22(23)10-6-8-18(25)12-22/h17-18,24-25H,5-16H2,1-4H3. The van der Waals surface area contributed by atoms with Crippen molar-refractivity contribution in [3.8, 4) is 0 Å². The van der Waals surface area contributed by atoms with Crippen molar-refractivity contribution < 1.29 is 10.2 Å². The summed E-state index contributed by atoms with van der Waals surface area (Å²) in [5.41, 5.74) is 1.67. The lowest BCUT2D eigenvalue weighted by molar-refractivity contribution is -0.121. The van der Waals surface area contributed by atoms with Gasteiger partial charge < -0.3 is 10.2 Å². The first-order valence-corrected chi connectivity index (χ1v) is 10.9. The maximum atomic E-state index is 10.7. The zero-order valence-corrected chi connectivity index (χ0v) is 17.0. The van der Waals surface area contributed by atoms with Gasteiger partial charge in [-0.25, -0.2) is 0 Å². The zero-order chi connectivity index (χ0) is 18.1. The highest BCUT2D eigenvalue weighted by atomic mass is 16.3. The fraction of sp³-hybridized carbons (Fsp3) is 1.00. The summed E-state index contributed by atoms with van der Waals surface area (Å²) in [6, 6.07) is 0. The summed E-state index contributed by atoms with van der Waals surface area (Å²) in [6.07, 6.45) is 14.0. The van der Waals surface area contributed by atoms with E-state index < -0.39 is 0 Å². The average Bonchev–Trinajstić information content (AvgIpc) is 2.77. The molecule has 2 nitrogen and oxygen atoms in total. The van der Waals surface area contributed by atoms with E-state index in [-0.39, 0.29) is 12.2 Å². The van der Waals surface area contributed by atoms with Crippen LogP contribution in [0.5, 0.6) is 0 Å². The largest absolute Gasteiger partial charge is 0.393 e. The molecule has 0 aliphatic heterocycles. The molecule has 0 aromatic rings. The van der Waals surface area contributed by atoms with E-state index >= 15 is 0 Å². The first kappa shape index (κ1) is 18.3. The molecule has 0 heterocycles. The minimum atomic E-state index is -0.103. The molecule has 4 saturated carbocycles. The SMILES string of the molecule is CC1(C)CC2(CCCC(O)C2)C2(C1)CC(C)(C)CC21CCCC(O)C1. The molecule has 144 valence electrons. The molecule has 0 bridgehead atoms. The normalized spacial score (nSPS) is 51.6. The van der Waals surface area contributed by atoms with Crippen LogP contribution in [0, 0.1) is 27.1 Å². The van der Waals surface area contributed by atoms with Gasteiger partial charge in [-0.3, -0.25) is 0 Å². The molecule has 0 amide bonds. The second kappa shape index (κ2) is 5.47. The fourth-order valence-electron chi connectivity index (χ4n) is 9.16. The summed E-state index contributed by atoms with van der Waals surface area (Å²) in [5, 5.41) is 21.3. The van der Waals surface area contributed by atoms with E-state index in [1.54, 1.807) is 0 Å². The van der Waals surface area contributed by atoms with Gasteiger partial charge in [0, 0.05) is 0 Å². The van der Waals surface area contributed by atoms with Gasteiger partial charge in [-0.15, -0.1) is 0 Å². The molecule has 25 heavy (non-hydrogen) atoms. The van der Waals surface area contributed by atoms with Gasteiger partial charge in [0.05, 0.1) is 12.2 Å². The van der Waals surface area contributed by atoms with Gasteiger partial charge in [0.2, 0.25) is 0 Å². The summed E-state index contributed by atoms with van der Waals surface area (Å²) in [4.78, 5) is 0. The summed E-state index contributed by atoms with van der Waals surface area (Å²) >= 11 is 0. The monoisotopic (exact) mass is 348 g/mol. The van der Waals surface area contributed by atoms with Crippen molar-refractivity contribution in [3.05, 3.63) is 0 Å². The molecule has 4 fully saturated rings. The molecule has 0 radical (unpaired) electrons. The summed E-state index contributed by atoms with van der Waals surface area (Å²) < 4.78 is 0. The maximum absolute atomic E-state index is 10.7. The molecule has 0 aromatic heterocycles. The van der Waals surface area contributed by atoms with Gasteiger partial charge >= 0.3 is 0 Å². The lowest BCUT2D eigenvalue weighted by Gasteiger charge is -2.58. The molecule has 2 heteroatoms. The minimum Gasteiger partial charge on any atom is -0.393 e. The maximum Gasteiger partial charge on any atom is 0.0545 e. The molecule has 4 aliphatic carbocycles. The number of fused-ring (bicyclic) bond motifs is 2. The average molecular weight is 349 g/mol. The Kier molecular flexibility index (Phi) is 4.00. The van der Waals surface area contributed by atoms with Crippen LogP contribution in [0.3, 0.4) is 0 Å². The Morgan fingerprint density at radius 3 is 1.40 bits per heavy atom. The van der Waals surface area contributed by atoms with Crippen LogP contribution >= 0.6 is 0 Å². The Morgan fingerprint density at radius 2 is 1.04 bits per heavy atom. The second-order valence-electron chi connectivity index (χ2n) is 12.2. The van der Waals surface area contributed by atoms with E-state index in [9.17, 15) is 10.2 Å². The lowest BCUT2D eigenvalue weighted by atomic mass is 9.46. The van der Waals surface area contributed by atoms with E-state index in [0.29, 0.717) is 27.1 Å². The summed E-state index contributed by atoms with van der Waals surface area (Å²) in [5.74, 6) is 0. The highest BCUT2D eigenvalue weighted by Gasteiger charge is 2.72. The third-order valence-electron chi connectivity index (χ3n) is 8.86. The first-order chi connectivity index (χ1) is 11.5. The molecule has 0 saturated heterocycles. The van der Waals surface area contributed by atoms with Crippen LogP contribution in [0.15, 0.2) is 0 Å². The van der Waals surface area contributed by atoms with E-state index in [0.717, 1.165) is 25.7 Å². The van der Waals surface area contributed by atoms with Gasteiger partial charge in [-0.1, -0.05) is 40.5 Å². The number of aliphatic hydroxyl groups excluding tert-OH is 2. The quantitative estimate of drug-likeness (QED) is 0.610. The second-order valence-corrected chi connectivity index (χ2v) is 12.2. The van der Waals surface area contributed by atoms with Crippen molar-refractivity contribution in [2.75, 3.05) is 0 Å². The van der Waals surface area contributed by atoms with Gasteiger partial charge in [0.25, 0.3) is 0 Å². The van der Waals surface area contributed by atoms with Crippen LogP contribution in [0.2, 0.25) is 0 Å². The van der Waals surface area contributed by atoms with Crippen LogP contribution in [-0.4, -0.2) is 22.4 Å². The molecule has 0 aromatic carbocycles. The zero-order valence-electron chi connectivity index (χ0n) is 17.0. The van der Waals surface area contributed by atoms with Gasteiger partial charge in [0.15, 0.2) is 0 Å². The Labute approximate surface area is 154 Å². The summed E-state index contributed by atoms with van der Waals surface area (Å²) in [7, 11) is 0. The van der Waals surface area contributed by atoms with Crippen molar-refractivity contribution in [3.63, 3.8) is 0 Å². The van der Waals surface area contributed by atoms with Crippen LogP contribution < -0.4 is 0 Å². The predicted molar refractivity (Wildman–Crippen MR) is 102 cm³/mol. The summed E-state index contributed by atoms with van der Waals surface area (Å²) in [6.45, 7) is 9.90. The Bertz CT molecular complexity index is 488. The number of aliphatic hydroxyl groups is 2. The Hall–Kier alpha value is -0.0800. The highest BCUT2D eigenvalue weighted by Crippen LogP contribution is 2.81. The van der Waals surface area contributed by atoms with Crippen LogP contribution in [0.25, 0.3) is 0 Å².